The first-order valence-corrected chi connectivity index (χ1v) is 3.07. The van der Waals surface area contributed by atoms with Crippen molar-refractivity contribution >= 4 is 21.7 Å². The Hall–Kier alpha value is 0.510. The molecule has 0 heterocycles. The van der Waals surface area contributed by atoms with E-state index in [0.717, 1.165) is 0 Å². The summed E-state index contributed by atoms with van der Waals surface area (Å²) in [7, 11) is 0. The second-order valence-corrected chi connectivity index (χ2v) is 2.15. The van der Waals surface area contributed by atoms with Gasteiger partial charge in [0.1, 0.15) is 0 Å². The Kier molecular flexibility index (Phi) is 13.4. The summed E-state index contributed by atoms with van der Waals surface area (Å²) in [5, 5.41) is 2.66. The standard InChI is InChI=1S/C9H7.2ClH.Si.Zr/c1-2-5-9-7-3-6-8(9)4-1;;;;/h1-7H;2*1H;;/q-1;;;;+3/p-2. The van der Waals surface area contributed by atoms with Crippen molar-refractivity contribution in [2.45, 2.75) is 0 Å². The number of fused-ring (bicyclic) bond motifs is 1. The molecule has 0 saturated carbocycles. The van der Waals surface area contributed by atoms with Gasteiger partial charge in [-0.05, 0) is 0 Å². The van der Waals surface area contributed by atoms with Gasteiger partial charge >= 0.3 is 26.2 Å². The first kappa shape index (κ1) is 19.1. The van der Waals surface area contributed by atoms with Crippen LogP contribution in [0, 0.1) is 0 Å². The number of halogens is 2. The topological polar surface area (TPSA) is 0 Å². The minimum Gasteiger partial charge on any atom is -1.00 e. The van der Waals surface area contributed by atoms with Crippen LogP contribution in [0.1, 0.15) is 0 Å². The fraction of sp³-hybridized carbons (Fsp3) is 0. The summed E-state index contributed by atoms with van der Waals surface area (Å²) in [6.45, 7) is 0. The molecule has 13 heavy (non-hydrogen) atoms. The summed E-state index contributed by atoms with van der Waals surface area (Å²) in [6.07, 6.45) is 0. The van der Waals surface area contributed by atoms with Gasteiger partial charge in [-0.25, -0.2) is 0 Å². The van der Waals surface area contributed by atoms with E-state index in [9.17, 15) is 0 Å². The molecule has 0 fully saturated rings. The van der Waals surface area contributed by atoms with E-state index in [1.165, 1.54) is 10.8 Å². The Morgan fingerprint density at radius 3 is 2.15 bits per heavy atom. The molecular formula is C9H7Cl2SiZr. The van der Waals surface area contributed by atoms with Crippen LogP contribution in [0.3, 0.4) is 0 Å². The summed E-state index contributed by atoms with van der Waals surface area (Å²) in [6, 6.07) is 14.7. The van der Waals surface area contributed by atoms with Gasteiger partial charge in [-0.1, -0.05) is 6.07 Å². The average Bonchev–Trinajstić information content (AvgIpc) is 2.33. The summed E-state index contributed by atoms with van der Waals surface area (Å²) < 4.78 is 0. The minimum absolute atomic E-state index is 0. The molecule has 4 heteroatoms. The second-order valence-electron chi connectivity index (χ2n) is 2.15. The van der Waals surface area contributed by atoms with E-state index in [0.29, 0.717) is 0 Å². The van der Waals surface area contributed by atoms with Crippen molar-refractivity contribution < 1.29 is 51.0 Å². The van der Waals surface area contributed by atoms with Crippen molar-refractivity contribution in [1.82, 2.24) is 0 Å². The third kappa shape index (κ3) is 4.51. The van der Waals surface area contributed by atoms with E-state index < -0.39 is 0 Å². The summed E-state index contributed by atoms with van der Waals surface area (Å²) >= 11 is 0. The van der Waals surface area contributed by atoms with E-state index in [-0.39, 0.29) is 62.0 Å². The zero-order valence-corrected chi connectivity index (χ0v) is 11.8. The maximum atomic E-state index is 2.12. The van der Waals surface area contributed by atoms with Crippen molar-refractivity contribution in [3.63, 3.8) is 0 Å². The molecule has 0 aromatic heterocycles. The zero-order chi connectivity index (χ0) is 6.10. The Morgan fingerprint density at radius 2 is 1.54 bits per heavy atom. The molecule has 0 saturated heterocycles. The predicted octanol–water partition coefficient (Wildman–Crippen LogP) is -3.82. The number of hydrogen-bond acceptors (Lipinski definition) is 0. The SMILES string of the molecule is [Cl-].[Cl-].[Si].[Zr+3].c1ccc2[cH-]ccc2c1. The van der Waals surface area contributed by atoms with E-state index in [4.69, 9.17) is 0 Å². The van der Waals surface area contributed by atoms with Gasteiger partial charge in [-0.2, -0.15) is 17.5 Å². The van der Waals surface area contributed by atoms with Crippen LogP contribution in [0.2, 0.25) is 0 Å². The van der Waals surface area contributed by atoms with Crippen LogP contribution in [0.15, 0.2) is 42.5 Å². The second kappa shape index (κ2) is 9.08. The van der Waals surface area contributed by atoms with Crippen molar-refractivity contribution in [2.75, 3.05) is 0 Å². The van der Waals surface area contributed by atoms with Crippen LogP contribution >= 0.6 is 0 Å². The number of benzene rings is 1. The van der Waals surface area contributed by atoms with Gasteiger partial charge in [-0.3, -0.25) is 0 Å². The number of rotatable bonds is 0. The van der Waals surface area contributed by atoms with Crippen molar-refractivity contribution in [1.29, 1.82) is 0 Å². The zero-order valence-electron chi connectivity index (χ0n) is 6.80. The van der Waals surface area contributed by atoms with E-state index in [2.05, 4.69) is 42.5 Å². The van der Waals surface area contributed by atoms with E-state index >= 15 is 0 Å². The molecule has 0 nitrogen and oxygen atoms in total. The molecule has 0 amide bonds. The van der Waals surface area contributed by atoms with Crippen LogP contribution in [-0.4, -0.2) is 11.0 Å². The molecule has 0 spiro atoms. The van der Waals surface area contributed by atoms with Crippen molar-refractivity contribution in [3.8, 4) is 0 Å². The molecule has 2 rings (SSSR count). The molecule has 2 aromatic carbocycles. The van der Waals surface area contributed by atoms with Crippen LogP contribution < -0.4 is 24.8 Å². The van der Waals surface area contributed by atoms with Crippen LogP contribution in [-0.2, 0) is 26.2 Å². The van der Waals surface area contributed by atoms with Gasteiger partial charge in [0, 0.05) is 11.0 Å². The predicted molar refractivity (Wildman–Crippen MR) is 45.3 cm³/mol. The van der Waals surface area contributed by atoms with Gasteiger partial charge in [0.2, 0.25) is 0 Å². The Morgan fingerprint density at radius 1 is 0.923 bits per heavy atom. The Bertz CT molecular complexity index is 292. The van der Waals surface area contributed by atoms with Gasteiger partial charge in [-0.15, -0.1) is 29.7 Å². The molecule has 2 aromatic rings. The summed E-state index contributed by atoms with van der Waals surface area (Å²) in [5.74, 6) is 0. The van der Waals surface area contributed by atoms with Crippen LogP contribution in [0.5, 0.6) is 0 Å². The molecule has 0 bridgehead atoms. The first-order chi connectivity index (χ1) is 4.47. The molecule has 0 N–H and O–H groups in total. The van der Waals surface area contributed by atoms with Crippen LogP contribution in [0.4, 0.5) is 0 Å². The van der Waals surface area contributed by atoms with E-state index in [1.54, 1.807) is 0 Å². The molecule has 5 radical (unpaired) electrons. The molecule has 0 unspecified atom stereocenters. The third-order valence-corrected chi connectivity index (χ3v) is 1.55. The van der Waals surface area contributed by atoms with Gasteiger partial charge in [0.05, 0.1) is 0 Å². The quantitative estimate of drug-likeness (QED) is 0.346. The molecule has 0 atom stereocenters. The van der Waals surface area contributed by atoms with E-state index in [1.807, 2.05) is 0 Å². The Labute approximate surface area is 114 Å². The monoisotopic (exact) mass is 303 g/mol. The Balaban J connectivity index is -0.000000250. The maximum absolute atomic E-state index is 2.12. The number of hydrogen-bond donors (Lipinski definition) is 0. The third-order valence-electron chi connectivity index (χ3n) is 1.55. The van der Waals surface area contributed by atoms with Gasteiger partial charge in [0.25, 0.3) is 0 Å². The fourth-order valence-electron chi connectivity index (χ4n) is 1.07. The fourth-order valence-corrected chi connectivity index (χ4v) is 1.07. The molecule has 0 aliphatic carbocycles. The average molecular weight is 305 g/mol. The van der Waals surface area contributed by atoms with Crippen molar-refractivity contribution in [3.05, 3.63) is 42.5 Å². The molecule has 0 aliphatic rings. The smallest absolute Gasteiger partial charge is 1.00 e. The molecule has 65 valence electrons. The normalized spacial score (nSPS) is 7.08. The molecular weight excluding hydrogens is 298 g/mol. The first-order valence-electron chi connectivity index (χ1n) is 3.07. The summed E-state index contributed by atoms with van der Waals surface area (Å²) in [4.78, 5) is 0. The van der Waals surface area contributed by atoms with Crippen LogP contribution in [0.25, 0.3) is 10.8 Å². The largest absolute Gasteiger partial charge is 3.00 e. The van der Waals surface area contributed by atoms with Gasteiger partial charge < -0.3 is 24.8 Å². The van der Waals surface area contributed by atoms with Crippen molar-refractivity contribution in [2.24, 2.45) is 0 Å². The maximum Gasteiger partial charge on any atom is 3.00 e. The summed E-state index contributed by atoms with van der Waals surface area (Å²) in [5.41, 5.74) is 0. The minimum atomic E-state index is 0. The van der Waals surface area contributed by atoms with Gasteiger partial charge in [0.15, 0.2) is 0 Å². The molecule has 0 aliphatic heterocycles.